The Morgan fingerprint density at radius 1 is 1.06 bits per heavy atom. The number of halogens is 3. The van der Waals surface area contributed by atoms with Crippen molar-refractivity contribution in [1.82, 2.24) is 5.32 Å². The molecule has 1 aliphatic rings. The average Bonchev–Trinajstić information content (AvgIpc) is 2.82. The van der Waals surface area contributed by atoms with Crippen LogP contribution in [0.2, 0.25) is 0 Å². The van der Waals surface area contributed by atoms with Crippen LogP contribution in [0.25, 0.3) is 6.08 Å². The zero-order chi connectivity index (χ0) is 25.2. The van der Waals surface area contributed by atoms with Crippen molar-refractivity contribution < 1.29 is 41.5 Å². The number of nitrogens with one attached hydrogen (secondary N) is 1. The second-order valence-corrected chi connectivity index (χ2v) is 9.66. The third kappa shape index (κ3) is 7.78. The number of hydrogen-bond donors (Lipinski definition) is 1. The molecule has 0 bridgehead atoms. The molecule has 1 heterocycles. The first-order valence-electron chi connectivity index (χ1n) is 10.3. The SMILES string of the molecule is CC(C)(C)OC(=O)NCC(=Cc1cc(C=O)cc(OC(F)(F)F)c1)B1OC(C)(C)C(C)(C)O1. The van der Waals surface area contributed by atoms with Crippen molar-refractivity contribution in [2.75, 3.05) is 6.54 Å². The van der Waals surface area contributed by atoms with E-state index in [1.807, 2.05) is 27.7 Å². The van der Waals surface area contributed by atoms with Gasteiger partial charge in [0.1, 0.15) is 17.6 Å². The van der Waals surface area contributed by atoms with Gasteiger partial charge in [-0.25, -0.2) is 4.79 Å². The minimum atomic E-state index is -4.92. The monoisotopic (exact) mass is 471 g/mol. The van der Waals surface area contributed by atoms with Crippen LogP contribution >= 0.6 is 0 Å². The molecule has 0 saturated carbocycles. The van der Waals surface area contributed by atoms with Gasteiger partial charge in [0.05, 0.1) is 11.2 Å². The Bertz CT molecular complexity index is 906. The van der Waals surface area contributed by atoms with Crippen molar-refractivity contribution in [3.8, 4) is 5.75 Å². The number of ether oxygens (including phenoxy) is 2. The van der Waals surface area contributed by atoms with Gasteiger partial charge in [0.2, 0.25) is 0 Å². The second-order valence-electron chi connectivity index (χ2n) is 9.66. The van der Waals surface area contributed by atoms with E-state index >= 15 is 0 Å². The van der Waals surface area contributed by atoms with Crippen LogP contribution in [-0.2, 0) is 14.0 Å². The van der Waals surface area contributed by atoms with E-state index in [1.54, 1.807) is 20.8 Å². The number of hydrogen-bond acceptors (Lipinski definition) is 6. The Hall–Kier alpha value is -2.53. The zero-order valence-corrected chi connectivity index (χ0v) is 19.8. The molecule has 1 fully saturated rings. The standard InChI is InChI=1S/C22H29BF3NO6/c1-19(2,3)31-18(29)27-12-16(23-32-20(4,5)21(6,7)33-23)9-14-8-15(13-28)11-17(10-14)30-22(24,25)26/h8-11,13H,12H2,1-7H3,(H,27,29). The number of rotatable bonds is 6. The minimum absolute atomic E-state index is 0.0173. The highest BCUT2D eigenvalue weighted by Crippen LogP contribution is 2.39. The number of carbonyl (C=O) groups excluding carboxylic acids is 2. The summed E-state index contributed by atoms with van der Waals surface area (Å²) >= 11 is 0. The van der Waals surface area contributed by atoms with E-state index in [4.69, 9.17) is 14.0 Å². The van der Waals surface area contributed by atoms with Crippen LogP contribution in [0, 0.1) is 0 Å². The molecule has 33 heavy (non-hydrogen) atoms. The predicted molar refractivity (Wildman–Crippen MR) is 117 cm³/mol. The van der Waals surface area contributed by atoms with E-state index < -0.39 is 42.1 Å². The van der Waals surface area contributed by atoms with Crippen molar-refractivity contribution in [3.05, 3.63) is 34.8 Å². The lowest BCUT2D eigenvalue weighted by molar-refractivity contribution is -0.274. The molecule has 0 aromatic heterocycles. The highest BCUT2D eigenvalue weighted by molar-refractivity contribution is 6.56. The average molecular weight is 471 g/mol. The van der Waals surface area contributed by atoms with E-state index in [2.05, 4.69) is 10.1 Å². The molecule has 1 saturated heterocycles. The molecule has 0 spiro atoms. The Morgan fingerprint density at radius 3 is 2.09 bits per heavy atom. The summed E-state index contributed by atoms with van der Waals surface area (Å²) in [4.78, 5) is 23.4. The lowest BCUT2D eigenvalue weighted by Gasteiger charge is -2.32. The fourth-order valence-electron chi connectivity index (χ4n) is 2.89. The summed E-state index contributed by atoms with van der Waals surface area (Å²) in [5.41, 5.74) is -1.50. The topological polar surface area (TPSA) is 83.1 Å². The second kappa shape index (κ2) is 9.38. The fourth-order valence-corrected chi connectivity index (χ4v) is 2.89. The van der Waals surface area contributed by atoms with E-state index in [-0.39, 0.29) is 17.7 Å². The molecule has 7 nitrogen and oxygen atoms in total. The lowest BCUT2D eigenvalue weighted by Crippen LogP contribution is -2.41. The molecule has 1 aromatic rings. The van der Waals surface area contributed by atoms with Gasteiger partial charge in [-0.15, -0.1) is 13.2 Å². The van der Waals surface area contributed by atoms with Gasteiger partial charge >= 0.3 is 19.6 Å². The number of amides is 1. The molecular weight excluding hydrogens is 442 g/mol. The first kappa shape index (κ1) is 26.7. The summed E-state index contributed by atoms with van der Waals surface area (Å²) in [6.45, 7) is 12.4. The predicted octanol–water partition coefficient (Wildman–Crippen LogP) is 4.94. The highest BCUT2D eigenvalue weighted by Gasteiger charge is 2.52. The molecular formula is C22H29BF3NO6. The first-order valence-corrected chi connectivity index (χ1v) is 10.3. The zero-order valence-electron chi connectivity index (χ0n) is 19.8. The Balaban J connectivity index is 2.41. The molecule has 0 aliphatic carbocycles. The van der Waals surface area contributed by atoms with Crippen LogP contribution < -0.4 is 10.1 Å². The van der Waals surface area contributed by atoms with Crippen molar-refractivity contribution >= 4 is 25.6 Å². The third-order valence-electron chi connectivity index (χ3n) is 5.06. The van der Waals surface area contributed by atoms with Crippen molar-refractivity contribution in [2.45, 2.75) is 71.6 Å². The molecule has 2 rings (SSSR count). The first-order chi connectivity index (χ1) is 14.9. The van der Waals surface area contributed by atoms with E-state index in [0.717, 1.165) is 12.1 Å². The summed E-state index contributed by atoms with van der Waals surface area (Å²) in [7, 11) is -0.906. The largest absolute Gasteiger partial charge is 0.573 e. The van der Waals surface area contributed by atoms with Gasteiger partial charge < -0.3 is 24.1 Å². The van der Waals surface area contributed by atoms with Crippen molar-refractivity contribution in [1.29, 1.82) is 0 Å². The lowest BCUT2D eigenvalue weighted by atomic mass is 9.77. The molecule has 1 N–H and O–H groups in total. The number of carbonyl (C=O) groups is 2. The molecule has 182 valence electrons. The van der Waals surface area contributed by atoms with Crippen molar-refractivity contribution in [3.63, 3.8) is 0 Å². The minimum Gasteiger partial charge on any atom is -0.444 e. The van der Waals surface area contributed by atoms with Crippen LogP contribution in [-0.4, -0.2) is 49.2 Å². The molecule has 1 amide bonds. The number of aldehydes is 1. The van der Waals surface area contributed by atoms with Crippen LogP contribution in [0.5, 0.6) is 5.75 Å². The fraction of sp³-hybridized carbons (Fsp3) is 0.545. The van der Waals surface area contributed by atoms with Gasteiger partial charge in [0.15, 0.2) is 0 Å². The summed E-state index contributed by atoms with van der Waals surface area (Å²) in [5.74, 6) is -0.549. The van der Waals surface area contributed by atoms with Crippen LogP contribution in [0.15, 0.2) is 23.7 Å². The quantitative estimate of drug-likeness (QED) is 0.468. The smallest absolute Gasteiger partial charge is 0.444 e. The van der Waals surface area contributed by atoms with Crippen molar-refractivity contribution in [2.24, 2.45) is 0 Å². The van der Waals surface area contributed by atoms with E-state index in [1.165, 1.54) is 12.1 Å². The van der Waals surface area contributed by atoms with Crippen LogP contribution in [0.1, 0.15) is 64.4 Å². The van der Waals surface area contributed by atoms with Gasteiger partial charge in [-0.05, 0) is 77.7 Å². The summed E-state index contributed by atoms with van der Waals surface area (Å²) < 4.78 is 59.4. The number of alkyl carbamates (subject to hydrolysis) is 1. The van der Waals surface area contributed by atoms with Gasteiger partial charge in [-0.2, -0.15) is 0 Å². The Morgan fingerprint density at radius 2 is 1.61 bits per heavy atom. The maximum Gasteiger partial charge on any atom is 0.573 e. The highest BCUT2D eigenvalue weighted by atomic mass is 19.4. The molecule has 0 radical (unpaired) electrons. The number of alkyl halides is 3. The van der Waals surface area contributed by atoms with Gasteiger partial charge in [-0.1, -0.05) is 6.08 Å². The summed E-state index contributed by atoms with van der Waals surface area (Å²) in [6, 6.07) is 3.49. The van der Waals surface area contributed by atoms with Gasteiger partial charge in [0.25, 0.3) is 0 Å². The molecule has 0 atom stereocenters. The Kier molecular flexibility index (Phi) is 7.60. The van der Waals surface area contributed by atoms with E-state index in [9.17, 15) is 22.8 Å². The molecule has 1 aromatic carbocycles. The van der Waals surface area contributed by atoms with Gasteiger partial charge in [0, 0.05) is 12.1 Å². The summed E-state index contributed by atoms with van der Waals surface area (Å²) in [5, 5.41) is 2.60. The third-order valence-corrected chi connectivity index (χ3v) is 5.06. The van der Waals surface area contributed by atoms with Gasteiger partial charge in [-0.3, -0.25) is 4.79 Å². The maximum atomic E-state index is 12.7. The summed E-state index contributed by atoms with van der Waals surface area (Å²) in [6.07, 6.45) is -3.72. The molecule has 0 unspecified atom stereocenters. The maximum absolute atomic E-state index is 12.7. The Labute approximate surface area is 191 Å². The normalized spacial score (nSPS) is 18.1. The molecule has 11 heteroatoms. The molecule has 1 aliphatic heterocycles. The van der Waals surface area contributed by atoms with Crippen LogP contribution in [0.3, 0.4) is 0 Å². The number of benzene rings is 1. The van der Waals surface area contributed by atoms with Crippen LogP contribution in [0.4, 0.5) is 18.0 Å². The van der Waals surface area contributed by atoms with E-state index in [0.29, 0.717) is 11.8 Å².